The average Bonchev–Trinajstić information content (AvgIpc) is 0.796. The van der Waals surface area contributed by atoms with Crippen LogP contribution < -0.4 is 5.32 Å². The van der Waals surface area contributed by atoms with E-state index in [9.17, 15) is 151 Å². The highest BCUT2D eigenvalue weighted by Crippen LogP contribution is 2.44. The van der Waals surface area contributed by atoms with Crippen molar-refractivity contribution in [2.75, 3.05) is 114 Å². The molecule has 0 radical (unpaired) electrons. The number of carbonyl (C=O) groups excluding carboxylic acids is 4. The molecule has 53 heteroatoms. The highest BCUT2D eigenvalue weighted by Gasteiger charge is 2.60. The number of Topliss-reactive ketones (excluding diaryl/α,β-unsaturated/α-hetero) is 4. The molecular formula is C79H129NO48S4. The molecule has 0 aromatic carbocycles. The lowest BCUT2D eigenvalue weighted by atomic mass is 9.95. The van der Waals surface area contributed by atoms with E-state index in [1.54, 1.807) is 23.5 Å². The number of carbonyl (C=O) groups is 8. The van der Waals surface area contributed by atoms with Crippen LogP contribution in [0.15, 0.2) is 0 Å². The maximum absolute atomic E-state index is 13.0. The summed E-state index contributed by atoms with van der Waals surface area (Å²) in [5.41, 5.74) is 0. The second-order valence-electron chi connectivity index (χ2n) is 33.1. The molecule has 132 heavy (non-hydrogen) atoms. The third-order valence-electron chi connectivity index (χ3n) is 23.5. The quantitative estimate of drug-likeness (QED) is 0.0252. The molecule has 22 rings (SSSR count). The van der Waals surface area contributed by atoms with Crippen LogP contribution in [0.2, 0.25) is 0 Å². The summed E-state index contributed by atoms with van der Waals surface area (Å²) in [4.78, 5) is 94.2. The van der Waals surface area contributed by atoms with Gasteiger partial charge in [-0.25, -0.2) is 0 Å². The van der Waals surface area contributed by atoms with Crippen LogP contribution >= 0.6 is 47.0 Å². The molecule has 1 aliphatic carbocycles. The Bertz CT molecular complexity index is 3520. The number of ketones is 4. The van der Waals surface area contributed by atoms with Gasteiger partial charge < -0.3 is 203 Å². The molecule has 22 fully saturated rings. The Morgan fingerprint density at radius 3 is 0.803 bits per heavy atom. The zero-order chi connectivity index (χ0) is 97.2. The van der Waals surface area contributed by atoms with Crippen LogP contribution in [0.3, 0.4) is 0 Å². The number of hydrogen-bond acceptors (Lipinski definition) is 49. The van der Waals surface area contributed by atoms with Crippen LogP contribution in [0.4, 0.5) is 0 Å². The molecule has 0 spiro atoms. The fourth-order valence-corrected chi connectivity index (χ4v) is 21.1. The van der Waals surface area contributed by atoms with Gasteiger partial charge in [0, 0.05) is 83.5 Å². The molecule has 21 heterocycles. The fraction of sp³-hybridized carbons (Fsp3) is 0.899. The summed E-state index contributed by atoms with van der Waals surface area (Å²) >= 11 is 4.91. The smallest absolute Gasteiger partial charge is 0.321 e. The molecule has 21 saturated heterocycles. The largest absolute Gasteiger partial charge is 0.481 e. The van der Waals surface area contributed by atoms with Crippen LogP contribution in [0.1, 0.15) is 78.6 Å². The second kappa shape index (κ2) is 55.6. The normalized spacial score (nSPS) is 39.5. The number of ether oxygens (including phenoxy) is 17. The summed E-state index contributed by atoms with van der Waals surface area (Å²) in [5.74, 6) is -8.04. The molecule has 21 aliphatic heterocycles. The number of thioether (sulfide) groups is 4. The minimum absolute atomic E-state index is 0.0140. The minimum atomic E-state index is -2.31. The Kier molecular flexibility index (Phi) is 47.9. The number of aliphatic hydroxyl groups excluding tert-OH is 19. The minimum Gasteiger partial charge on any atom is -0.481 e. The van der Waals surface area contributed by atoms with Crippen LogP contribution in [-0.4, -0.2) is 510 Å². The van der Waals surface area contributed by atoms with E-state index in [2.05, 4.69) is 5.32 Å². The molecule has 49 nitrogen and oxygen atoms in total. The summed E-state index contributed by atoms with van der Waals surface area (Å²) < 4.78 is 98.5. The van der Waals surface area contributed by atoms with E-state index >= 15 is 0 Å². The van der Waals surface area contributed by atoms with Crippen molar-refractivity contribution in [2.45, 2.75) is 310 Å². The zero-order valence-electron chi connectivity index (χ0n) is 72.7. The number of rotatable bonds is 44. The van der Waals surface area contributed by atoms with Gasteiger partial charge >= 0.3 is 23.9 Å². The van der Waals surface area contributed by atoms with Gasteiger partial charge in [-0.3, -0.25) is 38.4 Å². The highest BCUT2D eigenvalue weighted by atomic mass is 32.2. The van der Waals surface area contributed by atoms with Crippen molar-refractivity contribution in [3.63, 3.8) is 0 Å². The molecular weight excluding hydrogens is 1860 g/mol. The van der Waals surface area contributed by atoms with Crippen molar-refractivity contribution < 1.29 is 236 Å². The molecule has 762 valence electrons. The van der Waals surface area contributed by atoms with Gasteiger partial charge in [0.25, 0.3) is 0 Å². The van der Waals surface area contributed by atoms with Crippen LogP contribution in [0, 0.1) is 17.8 Å². The maximum Gasteiger partial charge on any atom is 0.321 e. The first-order valence-corrected chi connectivity index (χ1v) is 47.6. The van der Waals surface area contributed by atoms with Gasteiger partial charge in [-0.2, -0.15) is 47.0 Å². The fourth-order valence-electron chi connectivity index (χ4n) is 15.4. The molecule has 1 saturated carbocycles. The topological polar surface area (TPSA) is 771 Å². The molecule has 18 unspecified atom stereocenters. The number of carboxylic acids is 4. The van der Waals surface area contributed by atoms with Crippen molar-refractivity contribution >= 4 is 94.1 Å². The molecule has 0 amide bonds. The third kappa shape index (κ3) is 31.2. The number of aliphatic carboxylic acids is 4. The summed E-state index contributed by atoms with van der Waals surface area (Å²) in [6.45, 7) is -0.0778. The lowest BCUT2D eigenvalue weighted by molar-refractivity contribution is -0.395. The van der Waals surface area contributed by atoms with Gasteiger partial charge in [0.1, 0.15) is 188 Å². The van der Waals surface area contributed by atoms with E-state index in [0.29, 0.717) is 34.8 Å². The van der Waals surface area contributed by atoms with E-state index in [0.717, 1.165) is 36.4 Å². The maximum atomic E-state index is 13.0. The average molecular weight is 1990 g/mol. The lowest BCUT2D eigenvalue weighted by Crippen LogP contribution is -2.68. The Morgan fingerprint density at radius 2 is 0.561 bits per heavy atom. The number of likely N-dealkylation sites (N-methyl/N-ethyl adjacent to an activating group) is 1. The van der Waals surface area contributed by atoms with E-state index in [1.165, 1.54) is 20.9 Å². The molecule has 0 aromatic rings. The van der Waals surface area contributed by atoms with Gasteiger partial charge in [-0.1, -0.05) is 6.92 Å². The zero-order valence-corrected chi connectivity index (χ0v) is 75.9. The van der Waals surface area contributed by atoms with E-state index in [1.807, 2.05) is 6.92 Å². The summed E-state index contributed by atoms with van der Waals surface area (Å²) in [6.07, 6.45) is -70.0. The molecule has 0 aromatic heterocycles. The number of aliphatic hydroxyl groups is 19. The third-order valence-corrected chi connectivity index (χ3v) is 29.2. The summed E-state index contributed by atoms with van der Waals surface area (Å²) in [5, 5.41) is 259. The van der Waals surface area contributed by atoms with Crippen LogP contribution in [0.25, 0.3) is 0 Å². The Morgan fingerprint density at radius 1 is 0.318 bits per heavy atom. The predicted molar refractivity (Wildman–Crippen MR) is 446 cm³/mol. The van der Waals surface area contributed by atoms with Gasteiger partial charge in [-0.05, 0) is 40.2 Å². The van der Waals surface area contributed by atoms with E-state index in [4.69, 9.17) is 85.6 Å². The lowest BCUT2D eigenvalue weighted by Gasteiger charge is -2.50. The standard InChI is InChI=1S/C59H97NO41S2.C20H32O7S2/c1-19(66)3-5-86-7-8-87-6-4-21(67)9-20(51(82)83)15-102-17-28-49-35(73)42(80)58(93-28)98-47-26(13-64)89-55(38(76)31(47)69)97-46-25(12-63)92-57(41(79)34(46)72)101-50-29(18-103-16-22(60-2)52(84)85)94-59(43(81)36(50)74)99-48-27(14-65)90-54(39(77)32(48)70)95-44-23(10-61)88-53(37(75)30(44)68)96-45-24(11-62)91-56(100-49)40(78)33(45)71;1-3-14(19(23)24)11-28-17-4-5-18(17)29-12-15(20(25)26)10-16(22)7-9-27-8-6-13(2)21/h20,22-50,53-65,68-81H,3-18H2,1-2H3,(H,82,83)(H,84,85);14-15,17-18H,3-12H2,1-2H3,(H,23,24)(H,25,26)/t20-,22-,23?,24?,25?,26?,27?,28?,29?,30-,31-,32-,33-,34-,35-,36-,37?,38?,39?,40?,41?,42?,43?,44-,45-,46-,47-,48-,49-,50-,53-,54-,55+,56-,57+,58-,59-;/m1./s1. The van der Waals surface area contributed by atoms with Gasteiger partial charge in [-0.15, -0.1) is 0 Å². The van der Waals surface area contributed by atoms with Crippen LogP contribution in [-0.2, 0) is 119 Å². The van der Waals surface area contributed by atoms with Crippen LogP contribution in [0.5, 0.6) is 0 Å². The van der Waals surface area contributed by atoms with Crippen molar-refractivity contribution in [2.24, 2.45) is 17.8 Å². The summed E-state index contributed by atoms with van der Waals surface area (Å²) in [6, 6.07) is -1.18. The highest BCUT2D eigenvalue weighted by molar-refractivity contribution is 8.04. The summed E-state index contributed by atoms with van der Waals surface area (Å²) in [7, 11) is 1.35. The molecule has 22 aliphatic rings. The first-order valence-electron chi connectivity index (χ1n) is 43.2. The van der Waals surface area contributed by atoms with E-state index < -0.39 is 308 Å². The van der Waals surface area contributed by atoms with Gasteiger partial charge in [0.05, 0.1) is 103 Å². The van der Waals surface area contributed by atoms with Gasteiger partial charge in [0.2, 0.25) is 0 Å². The monoisotopic (exact) mass is 1990 g/mol. The molecule has 14 bridgehead atoms. The number of carboxylic acid groups (broad SMARTS) is 4. The number of nitrogens with one attached hydrogen (secondary N) is 1. The predicted octanol–water partition coefficient (Wildman–Crippen LogP) is -9.87. The van der Waals surface area contributed by atoms with Crippen molar-refractivity contribution in [1.29, 1.82) is 0 Å². The first-order chi connectivity index (χ1) is 62.8. The van der Waals surface area contributed by atoms with Gasteiger partial charge in [0.15, 0.2) is 44.0 Å². The van der Waals surface area contributed by atoms with Crippen molar-refractivity contribution in [3.8, 4) is 0 Å². The number of hydrogen-bond donors (Lipinski definition) is 24. The van der Waals surface area contributed by atoms with E-state index in [-0.39, 0.29) is 106 Å². The Hall–Kier alpha value is -3.52. The van der Waals surface area contributed by atoms with Crippen molar-refractivity contribution in [3.05, 3.63) is 0 Å². The molecule has 41 atom stereocenters. The van der Waals surface area contributed by atoms with Crippen molar-refractivity contribution in [1.82, 2.24) is 5.32 Å². The SMILES string of the molecule is CCC(CSC1CCC1SCC(CC(=O)CCOCCC(C)=O)C(=O)O)C(=O)O.CN[C@H](CSCC1O[C@@H]2O[C@@H]3C(CO)O[C@H](O[C@@H]4C(CO)O[C@H](O[C@@H]5C(CO)O[C@H](O[C@@H]6C(CSC[C@@H](CC(=O)CCOCCOCCC(C)=O)C(=O)O)O[C@H](O[C@@H]7C(CO)O[C@@H](O[C@@H]8C(CO)O[C@@H](O[C@H]1[C@H](O)C2O)C(O)[C@H]8O)C(O)[C@H]7O)C(O)[C@H]6O)C(O)[C@H]5O)C(O)[C@H]4O)C(O)[C@H]3O)C(=O)O. The Balaban J connectivity index is 0.000000629. The Labute approximate surface area is 774 Å². The second-order valence-corrected chi connectivity index (χ2v) is 37.8. The molecule has 24 N–H and O–H groups in total. The first kappa shape index (κ1) is 114.